The first kappa shape index (κ1) is 24.1. The fraction of sp³-hybridized carbons (Fsp3) is 0.750. The van der Waals surface area contributed by atoms with Crippen molar-refractivity contribution in [1.29, 1.82) is 0 Å². The van der Waals surface area contributed by atoms with E-state index in [2.05, 4.69) is 9.97 Å². The van der Waals surface area contributed by atoms with Crippen molar-refractivity contribution in [3.63, 3.8) is 0 Å². The summed E-state index contributed by atoms with van der Waals surface area (Å²) in [6, 6.07) is 0.167. The molecular weight excluding hydrogens is 399 g/mol. The van der Waals surface area contributed by atoms with E-state index < -0.39 is 7.60 Å². The summed E-state index contributed by atoms with van der Waals surface area (Å²) in [5.41, 5.74) is 0.741. The van der Waals surface area contributed by atoms with Gasteiger partial charge in [-0.1, -0.05) is 24.4 Å². The van der Waals surface area contributed by atoms with Crippen LogP contribution in [0.1, 0.15) is 45.1 Å². The lowest BCUT2D eigenvalue weighted by Gasteiger charge is -2.15. The van der Waals surface area contributed by atoms with Gasteiger partial charge in [-0.25, -0.2) is 9.78 Å². The molecule has 0 radical (unpaired) electrons. The first-order valence-electron chi connectivity index (χ1n) is 8.85. The number of halogens is 1. The third-order valence-corrected chi connectivity index (χ3v) is 5.29. The number of unbranched alkanes of at least 4 members (excludes halogenated alkanes) is 3. The van der Waals surface area contributed by atoms with E-state index in [9.17, 15) is 4.57 Å². The van der Waals surface area contributed by atoms with Crippen LogP contribution in [-0.2, 0) is 30.1 Å². The smallest absolute Gasteiger partial charge is 0.384 e. The normalized spacial score (nSPS) is 11.6. The maximum atomic E-state index is 12.4. The third-order valence-electron chi connectivity index (χ3n) is 3.45. The van der Waals surface area contributed by atoms with E-state index in [1.807, 2.05) is 0 Å². The maximum Gasteiger partial charge on any atom is 0.384 e. The molecule has 0 aromatic carbocycles. The number of methoxy groups -OCH3 is 2. The highest BCUT2D eigenvalue weighted by atomic mass is 35.5. The Labute approximate surface area is 165 Å². The predicted octanol–water partition coefficient (Wildman–Crippen LogP) is 4.38. The molecule has 0 saturated carbocycles. The summed E-state index contributed by atoms with van der Waals surface area (Å²) in [5, 5.41) is 0.318. The Hall–Kier alpha value is -0.960. The molecule has 156 valence electrons. The minimum Gasteiger partial charge on any atom is -0.481 e. The van der Waals surface area contributed by atoms with Gasteiger partial charge in [0.1, 0.15) is 5.15 Å². The molecule has 1 aromatic heterocycles. The van der Waals surface area contributed by atoms with Crippen LogP contribution >= 0.6 is 19.2 Å². The van der Waals surface area contributed by atoms with Crippen molar-refractivity contribution < 1.29 is 33.2 Å². The van der Waals surface area contributed by atoms with E-state index in [1.165, 1.54) is 14.2 Å². The summed E-state index contributed by atoms with van der Waals surface area (Å²) in [6.45, 7) is 4.00. The molecule has 1 rings (SSSR count). The lowest BCUT2D eigenvalue weighted by Crippen LogP contribution is -2.03. The van der Waals surface area contributed by atoms with Gasteiger partial charge < -0.3 is 9.47 Å². The van der Waals surface area contributed by atoms with Crippen molar-refractivity contribution in [3.8, 4) is 11.9 Å². The molecule has 0 spiro atoms. The lowest BCUT2D eigenvalue weighted by molar-refractivity contribution is -0.263. The van der Waals surface area contributed by atoms with Crippen molar-refractivity contribution in [2.45, 2.75) is 46.0 Å². The van der Waals surface area contributed by atoms with Crippen molar-refractivity contribution in [2.24, 2.45) is 0 Å². The fourth-order valence-corrected chi connectivity index (χ4v) is 3.77. The zero-order valence-electron chi connectivity index (χ0n) is 16.2. The highest BCUT2D eigenvalue weighted by molar-refractivity contribution is 7.53. The zero-order chi connectivity index (χ0) is 20.1. The first-order valence-corrected chi connectivity index (χ1v) is 11.0. The van der Waals surface area contributed by atoms with Crippen LogP contribution in [0.25, 0.3) is 0 Å². The number of aromatic nitrogens is 2. The molecule has 0 N–H and O–H groups in total. The van der Waals surface area contributed by atoms with Gasteiger partial charge in [0.15, 0.2) is 0 Å². The van der Waals surface area contributed by atoms with Crippen LogP contribution in [0.4, 0.5) is 0 Å². The van der Waals surface area contributed by atoms with E-state index >= 15 is 0 Å². The maximum absolute atomic E-state index is 12.4. The van der Waals surface area contributed by atoms with Crippen molar-refractivity contribution >= 4 is 19.2 Å². The highest BCUT2D eigenvalue weighted by Crippen LogP contribution is 2.49. The fourth-order valence-electron chi connectivity index (χ4n) is 2.20. The lowest BCUT2D eigenvalue weighted by atomic mass is 10.1. The molecule has 0 saturated heterocycles. The van der Waals surface area contributed by atoms with Crippen molar-refractivity contribution in [2.75, 3.05) is 33.6 Å². The van der Waals surface area contributed by atoms with Gasteiger partial charge >= 0.3 is 13.6 Å². The molecule has 9 nitrogen and oxygen atoms in total. The Morgan fingerprint density at radius 2 is 1.56 bits per heavy atom. The van der Waals surface area contributed by atoms with E-state index in [4.69, 9.17) is 40.2 Å². The Bertz CT molecular complexity index is 594. The first-order chi connectivity index (χ1) is 13.0. The van der Waals surface area contributed by atoms with E-state index in [1.54, 1.807) is 13.8 Å². The molecular formula is C16H28ClN2O7P. The molecule has 11 heteroatoms. The van der Waals surface area contributed by atoms with Crippen molar-refractivity contribution in [1.82, 2.24) is 9.97 Å². The molecule has 0 aliphatic rings. The van der Waals surface area contributed by atoms with Crippen LogP contribution < -0.4 is 9.47 Å². The summed E-state index contributed by atoms with van der Waals surface area (Å²) < 4.78 is 32.4. The minimum atomic E-state index is -3.41. The number of ether oxygens (including phenoxy) is 2. The summed E-state index contributed by atoms with van der Waals surface area (Å²) in [7, 11) is -0.418. The van der Waals surface area contributed by atoms with Crippen LogP contribution in [0.5, 0.6) is 11.9 Å². The summed E-state index contributed by atoms with van der Waals surface area (Å²) in [4.78, 5) is 17.7. The van der Waals surface area contributed by atoms with Gasteiger partial charge in [0.25, 0.3) is 0 Å². The molecule has 1 aromatic rings. The van der Waals surface area contributed by atoms with E-state index in [0.717, 1.165) is 24.8 Å². The number of hydrogen-bond donors (Lipinski definition) is 0. The van der Waals surface area contributed by atoms with Gasteiger partial charge in [-0.15, -0.1) is 9.35 Å². The van der Waals surface area contributed by atoms with Gasteiger partial charge in [-0.3, -0.25) is 4.57 Å². The van der Waals surface area contributed by atoms with E-state index in [-0.39, 0.29) is 25.4 Å². The summed E-state index contributed by atoms with van der Waals surface area (Å²) in [5.74, 6) is 0.409. The van der Waals surface area contributed by atoms with Gasteiger partial charge in [0.2, 0.25) is 5.88 Å². The topological polar surface area (TPSA) is 98.2 Å². The average molecular weight is 427 g/mol. The Balaban J connectivity index is 2.42. The van der Waals surface area contributed by atoms with Crippen LogP contribution in [0.3, 0.4) is 0 Å². The molecule has 0 aliphatic carbocycles. The standard InChI is InChI=1S/C16H28ClN2O7P/c1-5-23-25-27(20,26-24-6-2)12-10-8-7-9-11-13-14(17)18-16(22-4)19-15(13)21-3/h5-12H2,1-4H3. The predicted molar refractivity (Wildman–Crippen MR) is 100 cm³/mol. The molecule has 0 atom stereocenters. The van der Waals surface area contributed by atoms with Gasteiger partial charge in [0.05, 0.1) is 39.2 Å². The number of hydrogen-bond acceptors (Lipinski definition) is 9. The van der Waals surface area contributed by atoms with Gasteiger partial charge in [-0.2, -0.15) is 9.97 Å². The minimum absolute atomic E-state index is 0.167. The second-order valence-electron chi connectivity index (χ2n) is 5.45. The monoisotopic (exact) mass is 426 g/mol. The number of nitrogens with zero attached hydrogens (tertiary/aromatic N) is 2. The average Bonchev–Trinajstić information content (AvgIpc) is 2.68. The second kappa shape index (κ2) is 13.3. The van der Waals surface area contributed by atoms with Gasteiger partial charge in [-0.05, 0) is 33.1 Å². The quantitative estimate of drug-likeness (QED) is 0.133. The van der Waals surface area contributed by atoms with Crippen molar-refractivity contribution in [3.05, 3.63) is 10.7 Å². The molecule has 0 aliphatic heterocycles. The third kappa shape index (κ3) is 8.72. The zero-order valence-corrected chi connectivity index (χ0v) is 17.9. The largest absolute Gasteiger partial charge is 0.481 e. The Morgan fingerprint density at radius 3 is 2.11 bits per heavy atom. The molecule has 0 unspecified atom stereocenters. The molecule has 0 amide bonds. The highest BCUT2D eigenvalue weighted by Gasteiger charge is 2.27. The molecule has 0 bridgehead atoms. The van der Waals surface area contributed by atoms with Crippen LogP contribution in [0.2, 0.25) is 5.15 Å². The van der Waals surface area contributed by atoms with E-state index in [0.29, 0.717) is 23.9 Å². The van der Waals surface area contributed by atoms with Crippen LogP contribution in [0, 0.1) is 0 Å². The summed E-state index contributed by atoms with van der Waals surface area (Å²) in [6.07, 6.45) is 4.06. The van der Waals surface area contributed by atoms with Gasteiger partial charge in [0, 0.05) is 0 Å². The van der Waals surface area contributed by atoms with Crippen LogP contribution in [0.15, 0.2) is 0 Å². The molecule has 27 heavy (non-hydrogen) atoms. The van der Waals surface area contributed by atoms with Crippen LogP contribution in [-0.4, -0.2) is 43.6 Å². The Morgan fingerprint density at radius 1 is 0.926 bits per heavy atom. The SMILES string of the molecule is CCOOP(=O)(CCCCCCc1c(Cl)nc(OC)nc1OC)OOCC. The summed E-state index contributed by atoms with van der Waals surface area (Å²) >= 11 is 6.18. The molecule has 1 heterocycles. The molecule has 0 fully saturated rings. The number of rotatable bonds is 15. The Kier molecular flexibility index (Phi) is 11.8. The second-order valence-corrected chi connectivity index (χ2v) is 7.77.